The zero-order chi connectivity index (χ0) is 15.9. The predicted octanol–water partition coefficient (Wildman–Crippen LogP) is 2.38. The Morgan fingerprint density at radius 3 is 2.73 bits per heavy atom. The van der Waals surface area contributed by atoms with Gasteiger partial charge in [-0.3, -0.25) is 9.59 Å². The fourth-order valence-electron chi connectivity index (χ4n) is 2.73. The van der Waals surface area contributed by atoms with Gasteiger partial charge in [0.1, 0.15) is 0 Å². The van der Waals surface area contributed by atoms with Crippen LogP contribution in [0.25, 0.3) is 0 Å². The van der Waals surface area contributed by atoms with Gasteiger partial charge in [0.25, 0.3) is 0 Å². The number of likely N-dealkylation sites (tertiary alicyclic amines) is 1. The molecule has 1 heterocycles. The lowest BCUT2D eigenvalue weighted by Crippen LogP contribution is -2.50. The highest BCUT2D eigenvalue weighted by atomic mass is 16.2. The summed E-state index contributed by atoms with van der Waals surface area (Å²) >= 11 is 0. The lowest BCUT2D eigenvalue weighted by molar-refractivity contribution is -0.133. The van der Waals surface area contributed by atoms with Crippen LogP contribution in [-0.2, 0) is 16.0 Å². The Morgan fingerprint density at radius 1 is 1.32 bits per heavy atom. The van der Waals surface area contributed by atoms with Crippen LogP contribution in [-0.4, -0.2) is 35.8 Å². The molecule has 0 aromatic heterocycles. The molecule has 2 unspecified atom stereocenters. The molecule has 1 fully saturated rings. The monoisotopic (exact) mass is 302 g/mol. The summed E-state index contributed by atoms with van der Waals surface area (Å²) in [7, 11) is 0. The Bertz CT molecular complexity index is 501. The van der Waals surface area contributed by atoms with Crippen LogP contribution < -0.4 is 5.32 Å². The van der Waals surface area contributed by atoms with Crippen LogP contribution in [0.4, 0.5) is 0 Å². The molecule has 4 heteroatoms. The van der Waals surface area contributed by atoms with Gasteiger partial charge in [-0.05, 0) is 24.8 Å². The molecule has 120 valence electrons. The zero-order valence-corrected chi connectivity index (χ0v) is 13.5. The van der Waals surface area contributed by atoms with E-state index in [4.69, 9.17) is 0 Å². The number of amides is 2. The molecule has 1 N–H and O–H groups in total. The quantitative estimate of drug-likeness (QED) is 0.908. The van der Waals surface area contributed by atoms with Crippen LogP contribution >= 0.6 is 0 Å². The smallest absolute Gasteiger partial charge is 0.227 e. The number of hydrogen-bond acceptors (Lipinski definition) is 2. The Kier molecular flexibility index (Phi) is 5.99. The van der Waals surface area contributed by atoms with Gasteiger partial charge in [-0.15, -0.1) is 0 Å². The second kappa shape index (κ2) is 7.97. The number of nitrogens with zero attached hydrogens (tertiary/aromatic N) is 1. The average molecular weight is 302 g/mol. The van der Waals surface area contributed by atoms with Crippen LogP contribution in [0.5, 0.6) is 0 Å². The molecule has 1 aromatic rings. The summed E-state index contributed by atoms with van der Waals surface area (Å²) < 4.78 is 0. The molecule has 2 rings (SSSR count). The second-order valence-corrected chi connectivity index (χ2v) is 6.16. The van der Waals surface area contributed by atoms with Crippen molar-refractivity contribution in [3.63, 3.8) is 0 Å². The van der Waals surface area contributed by atoms with Crippen molar-refractivity contribution < 1.29 is 9.59 Å². The van der Waals surface area contributed by atoms with E-state index < -0.39 is 0 Å². The lowest BCUT2D eigenvalue weighted by atomic mass is 10.0. The molecule has 22 heavy (non-hydrogen) atoms. The number of carbonyl (C=O) groups is 2. The van der Waals surface area contributed by atoms with Gasteiger partial charge in [0, 0.05) is 25.0 Å². The summed E-state index contributed by atoms with van der Waals surface area (Å²) in [6, 6.07) is 9.90. The SMILES string of the molecule is CCC(C)C(=O)NC1CCCN(C(=O)Cc2ccccc2)C1. The fourth-order valence-corrected chi connectivity index (χ4v) is 2.73. The van der Waals surface area contributed by atoms with Crippen molar-refractivity contribution >= 4 is 11.8 Å². The number of carbonyl (C=O) groups excluding carboxylic acids is 2. The summed E-state index contributed by atoms with van der Waals surface area (Å²) in [5.74, 6) is 0.286. The van der Waals surface area contributed by atoms with E-state index in [1.165, 1.54) is 0 Å². The molecule has 0 bridgehead atoms. The molecule has 1 aromatic carbocycles. The highest BCUT2D eigenvalue weighted by Gasteiger charge is 2.25. The summed E-state index contributed by atoms with van der Waals surface area (Å²) in [5.41, 5.74) is 1.04. The van der Waals surface area contributed by atoms with Crippen molar-refractivity contribution in [1.82, 2.24) is 10.2 Å². The minimum absolute atomic E-state index is 0.0374. The third kappa shape index (κ3) is 4.58. The van der Waals surface area contributed by atoms with E-state index >= 15 is 0 Å². The first kappa shape index (κ1) is 16.5. The molecule has 0 radical (unpaired) electrons. The minimum atomic E-state index is 0.0374. The number of piperidine rings is 1. The van der Waals surface area contributed by atoms with Gasteiger partial charge in [-0.25, -0.2) is 0 Å². The molecule has 4 nitrogen and oxygen atoms in total. The highest BCUT2D eigenvalue weighted by molar-refractivity contribution is 5.80. The largest absolute Gasteiger partial charge is 0.351 e. The Labute approximate surface area is 132 Å². The number of benzene rings is 1. The lowest BCUT2D eigenvalue weighted by Gasteiger charge is -2.33. The van der Waals surface area contributed by atoms with Gasteiger partial charge < -0.3 is 10.2 Å². The van der Waals surface area contributed by atoms with Gasteiger partial charge in [0.2, 0.25) is 11.8 Å². The molecular formula is C18H26N2O2. The Balaban J connectivity index is 1.87. The Morgan fingerprint density at radius 2 is 2.05 bits per heavy atom. The van der Waals surface area contributed by atoms with Crippen molar-refractivity contribution in [2.75, 3.05) is 13.1 Å². The van der Waals surface area contributed by atoms with Gasteiger partial charge in [-0.1, -0.05) is 44.2 Å². The van der Waals surface area contributed by atoms with Gasteiger partial charge in [0.15, 0.2) is 0 Å². The third-order valence-corrected chi connectivity index (χ3v) is 4.38. The van der Waals surface area contributed by atoms with Gasteiger partial charge in [0.05, 0.1) is 6.42 Å². The molecule has 1 saturated heterocycles. The second-order valence-electron chi connectivity index (χ2n) is 6.16. The topological polar surface area (TPSA) is 49.4 Å². The average Bonchev–Trinajstić information content (AvgIpc) is 2.55. The molecule has 0 saturated carbocycles. The molecular weight excluding hydrogens is 276 g/mol. The number of rotatable bonds is 5. The van der Waals surface area contributed by atoms with Crippen molar-refractivity contribution in [2.24, 2.45) is 5.92 Å². The first-order valence-electron chi connectivity index (χ1n) is 8.22. The molecule has 0 aliphatic carbocycles. The standard InChI is InChI=1S/C18H26N2O2/c1-3-14(2)18(22)19-16-10-7-11-20(13-16)17(21)12-15-8-5-4-6-9-15/h4-6,8-9,14,16H,3,7,10-13H2,1-2H3,(H,19,22). The van der Waals surface area contributed by atoms with Crippen LogP contribution in [0.1, 0.15) is 38.7 Å². The maximum atomic E-state index is 12.4. The van der Waals surface area contributed by atoms with Crippen molar-refractivity contribution in [3.05, 3.63) is 35.9 Å². The molecule has 2 amide bonds. The number of nitrogens with one attached hydrogen (secondary N) is 1. The summed E-state index contributed by atoms with van der Waals surface area (Å²) in [4.78, 5) is 26.3. The first-order chi connectivity index (χ1) is 10.6. The van der Waals surface area contributed by atoms with E-state index in [-0.39, 0.29) is 23.8 Å². The molecule has 1 aliphatic rings. The van der Waals surface area contributed by atoms with E-state index in [0.717, 1.165) is 31.4 Å². The van der Waals surface area contributed by atoms with E-state index in [9.17, 15) is 9.59 Å². The van der Waals surface area contributed by atoms with Gasteiger partial charge in [-0.2, -0.15) is 0 Å². The summed E-state index contributed by atoms with van der Waals surface area (Å²) in [6.07, 6.45) is 3.19. The first-order valence-corrected chi connectivity index (χ1v) is 8.22. The molecule has 0 spiro atoms. The normalized spacial score (nSPS) is 19.5. The van der Waals surface area contributed by atoms with Crippen LogP contribution in [0.3, 0.4) is 0 Å². The summed E-state index contributed by atoms with van der Waals surface area (Å²) in [5, 5.41) is 3.09. The van der Waals surface area contributed by atoms with Crippen LogP contribution in [0, 0.1) is 5.92 Å². The van der Waals surface area contributed by atoms with E-state index in [0.29, 0.717) is 13.0 Å². The molecule has 2 atom stereocenters. The van der Waals surface area contributed by atoms with Crippen LogP contribution in [0.2, 0.25) is 0 Å². The van der Waals surface area contributed by atoms with E-state index in [1.54, 1.807) is 0 Å². The predicted molar refractivity (Wildman–Crippen MR) is 87.3 cm³/mol. The maximum Gasteiger partial charge on any atom is 0.227 e. The van der Waals surface area contributed by atoms with Gasteiger partial charge >= 0.3 is 0 Å². The maximum absolute atomic E-state index is 12.4. The van der Waals surface area contributed by atoms with Crippen LogP contribution in [0.15, 0.2) is 30.3 Å². The number of hydrogen-bond donors (Lipinski definition) is 1. The van der Waals surface area contributed by atoms with E-state index in [2.05, 4.69) is 5.32 Å². The summed E-state index contributed by atoms with van der Waals surface area (Å²) in [6.45, 7) is 5.38. The Hall–Kier alpha value is -1.84. The minimum Gasteiger partial charge on any atom is -0.351 e. The van der Waals surface area contributed by atoms with Crippen molar-refractivity contribution in [1.29, 1.82) is 0 Å². The zero-order valence-electron chi connectivity index (χ0n) is 13.5. The molecule has 1 aliphatic heterocycles. The van der Waals surface area contributed by atoms with E-state index in [1.807, 2.05) is 49.1 Å². The highest BCUT2D eigenvalue weighted by Crippen LogP contribution is 2.13. The van der Waals surface area contributed by atoms with Crippen molar-refractivity contribution in [3.8, 4) is 0 Å². The fraction of sp³-hybridized carbons (Fsp3) is 0.556. The third-order valence-electron chi connectivity index (χ3n) is 4.38. The van der Waals surface area contributed by atoms with Crippen molar-refractivity contribution in [2.45, 2.75) is 45.6 Å².